The van der Waals surface area contributed by atoms with E-state index in [9.17, 15) is 4.21 Å². The van der Waals surface area contributed by atoms with Crippen molar-refractivity contribution in [2.24, 2.45) is 5.41 Å². The van der Waals surface area contributed by atoms with Crippen LogP contribution in [0.4, 0.5) is 5.82 Å². The third-order valence-corrected chi connectivity index (χ3v) is 10.7. The van der Waals surface area contributed by atoms with Crippen molar-refractivity contribution in [3.63, 3.8) is 0 Å². The minimum absolute atomic E-state index is 0.0979. The third-order valence-electron chi connectivity index (χ3n) is 7.85. The van der Waals surface area contributed by atoms with E-state index in [1.54, 1.807) is 0 Å². The molecular weight excluding hydrogens is 460 g/mol. The summed E-state index contributed by atoms with van der Waals surface area (Å²) >= 11 is 1.91. The highest BCUT2D eigenvalue weighted by Crippen LogP contribution is 2.52. The monoisotopic (exact) mass is 498 g/mol. The molecule has 34 heavy (non-hydrogen) atoms. The maximum Gasteiger partial charge on any atom is 0.150 e. The first-order valence-corrected chi connectivity index (χ1v) is 14.8. The second-order valence-corrected chi connectivity index (χ2v) is 14.6. The topological polar surface area (TPSA) is 58.1 Å². The van der Waals surface area contributed by atoms with Crippen molar-refractivity contribution in [3.8, 4) is 0 Å². The second kappa shape index (κ2) is 9.55. The van der Waals surface area contributed by atoms with E-state index in [0.29, 0.717) is 5.25 Å². The van der Waals surface area contributed by atoms with Crippen molar-refractivity contribution in [2.45, 2.75) is 93.7 Å². The number of rotatable bonds is 5. The van der Waals surface area contributed by atoms with Crippen LogP contribution in [0.25, 0.3) is 0 Å². The molecule has 1 spiro atoms. The van der Waals surface area contributed by atoms with Crippen LogP contribution in [-0.4, -0.2) is 37.3 Å². The van der Waals surface area contributed by atoms with Gasteiger partial charge in [-0.05, 0) is 76.3 Å². The van der Waals surface area contributed by atoms with E-state index in [1.807, 2.05) is 38.7 Å². The lowest BCUT2D eigenvalue weighted by atomic mass is 9.73. The number of piperidine rings is 1. The average Bonchev–Trinajstić information content (AvgIpc) is 3.41. The van der Waals surface area contributed by atoms with E-state index >= 15 is 0 Å². The number of nitrogens with one attached hydrogen (secondary N) is 1. The minimum atomic E-state index is -1.10. The normalized spacial score (nSPS) is 23.4. The zero-order chi connectivity index (χ0) is 23.9. The van der Waals surface area contributed by atoms with E-state index < -0.39 is 11.0 Å². The molecule has 2 heterocycles. The molecule has 2 atom stereocenters. The third kappa shape index (κ3) is 4.80. The molecule has 2 aromatic rings. The molecule has 0 radical (unpaired) electrons. The van der Waals surface area contributed by atoms with Gasteiger partial charge in [-0.3, -0.25) is 0 Å². The zero-order valence-corrected chi connectivity index (χ0v) is 22.6. The van der Waals surface area contributed by atoms with Gasteiger partial charge in [-0.25, -0.2) is 18.9 Å². The Hall–Kier alpha value is -1.44. The fraction of sp³-hybridized carbons (Fsp3) is 0.630. The van der Waals surface area contributed by atoms with Crippen molar-refractivity contribution in [3.05, 3.63) is 47.3 Å². The number of thioether (sulfide) groups is 1. The van der Waals surface area contributed by atoms with Gasteiger partial charge in [-0.1, -0.05) is 37.1 Å². The molecule has 2 fully saturated rings. The molecule has 1 saturated carbocycles. The van der Waals surface area contributed by atoms with Gasteiger partial charge in [-0.2, -0.15) is 0 Å². The lowest BCUT2D eigenvalue weighted by molar-refractivity contribution is 0.177. The van der Waals surface area contributed by atoms with Gasteiger partial charge in [0.15, 0.2) is 0 Å². The molecule has 5 nitrogen and oxygen atoms in total. The van der Waals surface area contributed by atoms with Gasteiger partial charge in [0.05, 0.1) is 33.7 Å². The lowest BCUT2D eigenvalue weighted by Gasteiger charge is -2.44. The number of hydrogen-bond donors (Lipinski definition) is 1. The SMILES string of the molecule is Cc1nc(SC2CCCC2)cnc1N1CCC2(CC1)Cc1ccccc1[C@H]2NS(=O)C(C)(C)C. The van der Waals surface area contributed by atoms with Crippen LogP contribution in [0.2, 0.25) is 0 Å². The van der Waals surface area contributed by atoms with Gasteiger partial charge >= 0.3 is 0 Å². The number of nitrogens with zero attached hydrogens (tertiary/aromatic N) is 3. The van der Waals surface area contributed by atoms with Crippen LogP contribution >= 0.6 is 11.8 Å². The molecule has 0 bridgehead atoms. The van der Waals surface area contributed by atoms with Crippen LogP contribution in [0.3, 0.4) is 0 Å². The molecule has 0 amide bonds. The van der Waals surface area contributed by atoms with E-state index in [0.717, 1.165) is 48.9 Å². The number of benzene rings is 1. The summed E-state index contributed by atoms with van der Waals surface area (Å²) < 4.78 is 16.4. The van der Waals surface area contributed by atoms with Crippen LogP contribution < -0.4 is 9.62 Å². The number of aromatic nitrogens is 2. The predicted octanol–water partition coefficient (Wildman–Crippen LogP) is 5.76. The highest BCUT2D eigenvalue weighted by molar-refractivity contribution is 7.99. The Labute approximate surface area is 211 Å². The Balaban J connectivity index is 1.31. The fourth-order valence-corrected chi connectivity index (χ4v) is 8.05. The molecule has 5 rings (SSSR count). The molecule has 7 heteroatoms. The minimum Gasteiger partial charge on any atom is -0.355 e. The molecule has 184 valence electrons. The van der Waals surface area contributed by atoms with Crippen LogP contribution in [0.5, 0.6) is 0 Å². The number of anilines is 1. The van der Waals surface area contributed by atoms with Gasteiger partial charge in [0.2, 0.25) is 0 Å². The molecule has 3 aliphatic rings. The Morgan fingerprint density at radius 2 is 1.85 bits per heavy atom. The maximum atomic E-state index is 13.1. The molecule has 2 aliphatic carbocycles. The Bertz CT molecular complexity index is 1050. The van der Waals surface area contributed by atoms with Crippen molar-refractivity contribution in [2.75, 3.05) is 18.0 Å². The summed E-state index contributed by atoms with van der Waals surface area (Å²) in [6.45, 7) is 10.2. The van der Waals surface area contributed by atoms with Crippen LogP contribution in [0.15, 0.2) is 35.5 Å². The van der Waals surface area contributed by atoms with E-state index in [4.69, 9.17) is 9.97 Å². The predicted molar refractivity (Wildman–Crippen MR) is 143 cm³/mol. The standard InChI is InChI=1S/C27H38N4OS2/c1-19-25(28-18-23(29-19)33-21-10-6-7-11-21)31-15-13-27(14-16-31)17-20-9-5-8-12-22(20)24(27)30-34(32)26(2,3)4/h5,8-9,12,18,21,24,30H,6-7,10-11,13-17H2,1-4H3/t24-,34?/m1/s1. The first kappa shape index (κ1) is 24.3. The molecule has 1 saturated heterocycles. The van der Waals surface area contributed by atoms with Crippen LogP contribution in [0.1, 0.15) is 82.2 Å². The number of hydrogen-bond acceptors (Lipinski definition) is 5. The lowest BCUT2D eigenvalue weighted by Crippen LogP contribution is -2.48. The van der Waals surface area contributed by atoms with E-state index in [-0.39, 0.29) is 16.2 Å². The molecule has 1 aliphatic heterocycles. The number of fused-ring (bicyclic) bond motifs is 1. The first-order valence-electron chi connectivity index (χ1n) is 12.8. The van der Waals surface area contributed by atoms with E-state index in [2.05, 4.69) is 40.8 Å². The van der Waals surface area contributed by atoms with Crippen molar-refractivity contribution in [1.82, 2.24) is 14.7 Å². The summed E-state index contributed by atoms with van der Waals surface area (Å²) in [7, 11) is -1.10. The van der Waals surface area contributed by atoms with Gasteiger partial charge in [0.25, 0.3) is 0 Å². The molecule has 1 aromatic heterocycles. The summed E-state index contributed by atoms with van der Waals surface area (Å²) in [5.74, 6) is 1.03. The van der Waals surface area contributed by atoms with Crippen molar-refractivity contribution >= 4 is 28.6 Å². The summed E-state index contributed by atoms with van der Waals surface area (Å²) in [6, 6.07) is 8.86. The second-order valence-electron chi connectivity index (χ2n) is 11.3. The summed E-state index contributed by atoms with van der Waals surface area (Å²) in [5.41, 5.74) is 3.87. The molecular formula is C27H38N4OS2. The fourth-order valence-electron chi connectivity index (χ4n) is 5.89. The highest BCUT2D eigenvalue weighted by atomic mass is 32.2. The summed E-state index contributed by atoms with van der Waals surface area (Å²) in [4.78, 5) is 12.2. The smallest absolute Gasteiger partial charge is 0.150 e. The van der Waals surface area contributed by atoms with Crippen LogP contribution in [0, 0.1) is 12.3 Å². The van der Waals surface area contributed by atoms with E-state index in [1.165, 1.54) is 36.8 Å². The van der Waals surface area contributed by atoms with Gasteiger partial charge < -0.3 is 4.90 Å². The van der Waals surface area contributed by atoms with Crippen molar-refractivity contribution in [1.29, 1.82) is 0 Å². The zero-order valence-electron chi connectivity index (χ0n) is 21.0. The Morgan fingerprint density at radius 1 is 1.15 bits per heavy atom. The summed E-state index contributed by atoms with van der Waals surface area (Å²) in [6.07, 6.45) is 10.5. The number of aryl methyl sites for hydroxylation is 1. The average molecular weight is 499 g/mol. The first-order chi connectivity index (χ1) is 16.2. The van der Waals surface area contributed by atoms with Gasteiger partial charge in [-0.15, -0.1) is 11.8 Å². The molecule has 1 unspecified atom stereocenters. The van der Waals surface area contributed by atoms with Gasteiger partial charge in [0.1, 0.15) is 10.8 Å². The quantitative estimate of drug-likeness (QED) is 0.568. The largest absolute Gasteiger partial charge is 0.355 e. The van der Waals surface area contributed by atoms with Gasteiger partial charge in [0, 0.05) is 18.3 Å². The Morgan fingerprint density at radius 3 is 2.53 bits per heavy atom. The van der Waals surface area contributed by atoms with Crippen molar-refractivity contribution < 1.29 is 4.21 Å². The maximum absolute atomic E-state index is 13.1. The van der Waals surface area contributed by atoms with Crippen LogP contribution in [-0.2, 0) is 17.4 Å². The highest BCUT2D eigenvalue weighted by Gasteiger charge is 2.49. The molecule has 1 N–H and O–H groups in total. The Kier molecular flexibility index (Phi) is 6.81. The summed E-state index contributed by atoms with van der Waals surface area (Å²) in [5, 5.41) is 1.78. The molecule has 1 aromatic carbocycles.